The van der Waals surface area contributed by atoms with Crippen molar-refractivity contribution in [2.75, 3.05) is 33.8 Å². The van der Waals surface area contributed by atoms with E-state index >= 15 is 0 Å². The normalized spacial score (nSPS) is 19.6. The Kier molecular flexibility index (Phi) is 5.05. The molecule has 4 nitrogen and oxygen atoms in total. The molecule has 106 valence electrons. The third-order valence-corrected chi connectivity index (χ3v) is 3.70. The first-order chi connectivity index (χ1) is 9.19. The molecule has 0 spiro atoms. The van der Waals surface area contributed by atoms with Crippen molar-refractivity contribution in [3.8, 4) is 11.5 Å². The van der Waals surface area contributed by atoms with Gasteiger partial charge < -0.3 is 20.1 Å². The molecule has 1 aliphatic heterocycles. The second kappa shape index (κ2) is 6.78. The van der Waals surface area contributed by atoms with E-state index in [9.17, 15) is 5.11 Å². The molecule has 1 atom stereocenters. The molecular formula is C15H24N2O2. The van der Waals surface area contributed by atoms with Crippen molar-refractivity contribution in [3.05, 3.63) is 23.8 Å². The summed E-state index contributed by atoms with van der Waals surface area (Å²) in [5.74, 6) is 1.85. The third-order valence-electron chi connectivity index (χ3n) is 3.70. The molecule has 2 N–H and O–H groups in total. The van der Waals surface area contributed by atoms with Gasteiger partial charge in [-0.1, -0.05) is 0 Å². The molecule has 0 amide bonds. The average Bonchev–Trinajstić information content (AvgIpc) is 2.42. The van der Waals surface area contributed by atoms with E-state index < -0.39 is 0 Å². The van der Waals surface area contributed by atoms with E-state index in [1.165, 1.54) is 12.8 Å². The summed E-state index contributed by atoms with van der Waals surface area (Å²) in [5.41, 5.74) is 0.922. The molecule has 1 unspecified atom stereocenters. The fourth-order valence-electron chi connectivity index (χ4n) is 2.69. The van der Waals surface area contributed by atoms with Gasteiger partial charge in [0.1, 0.15) is 11.5 Å². The van der Waals surface area contributed by atoms with Gasteiger partial charge in [0, 0.05) is 18.7 Å². The lowest BCUT2D eigenvalue weighted by Gasteiger charge is -2.27. The van der Waals surface area contributed by atoms with Gasteiger partial charge >= 0.3 is 0 Å². The highest BCUT2D eigenvalue weighted by Crippen LogP contribution is 2.24. The van der Waals surface area contributed by atoms with Gasteiger partial charge in [0.2, 0.25) is 0 Å². The number of piperidine rings is 1. The zero-order valence-corrected chi connectivity index (χ0v) is 11.9. The largest absolute Gasteiger partial charge is 0.508 e. The van der Waals surface area contributed by atoms with E-state index in [4.69, 9.17) is 4.74 Å². The Balaban J connectivity index is 1.92. The van der Waals surface area contributed by atoms with Crippen LogP contribution in [0.15, 0.2) is 18.2 Å². The summed E-state index contributed by atoms with van der Waals surface area (Å²) in [4.78, 5) is 2.27. The van der Waals surface area contributed by atoms with Gasteiger partial charge in [0.05, 0.1) is 7.11 Å². The SMILES string of the molecule is COc1ccc(O)c(CN(C)CC2CCCNC2)c1. The lowest BCUT2D eigenvalue weighted by molar-refractivity contribution is 0.235. The first kappa shape index (κ1) is 14.2. The molecular weight excluding hydrogens is 240 g/mol. The highest BCUT2D eigenvalue weighted by atomic mass is 16.5. The van der Waals surface area contributed by atoms with Crippen LogP contribution in [0.1, 0.15) is 18.4 Å². The zero-order valence-electron chi connectivity index (χ0n) is 11.9. The number of aromatic hydroxyl groups is 1. The highest BCUT2D eigenvalue weighted by Gasteiger charge is 2.16. The van der Waals surface area contributed by atoms with Gasteiger partial charge in [-0.05, 0) is 57.1 Å². The van der Waals surface area contributed by atoms with Crippen molar-refractivity contribution in [3.63, 3.8) is 0 Å². The van der Waals surface area contributed by atoms with Crippen LogP contribution in [0.3, 0.4) is 0 Å². The van der Waals surface area contributed by atoms with Crippen molar-refractivity contribution < 1.29 is 9.84 Å². The van der Waals surface area contributed by atoms with E-state index in [2.05, 4.69) is 17.3 Å². The monoisotopic (exact) mass is 264 g/mol. The van der Waals surface area contributed by atoms with Crippen LogP contribution < -0.4 is 10.1 Å². The fourth-order valence-corrected chi connectivity index (χ4v) is 2.69. The van der Waals surface area contributed by atoms with Crippen molar-refractivity contribution in [1.82, 2.24) is 10.2 Å². The Hall–Kier alpha value is -1.26. The zero-order chi connectivity index (χ0) is 13.7. The second-order valence-electron chi connectivity index (χ2n) is 5.40. The minimum atomic E-state index is 0.342. The number of phenolic OH excluding ortho intramolecular Hbond substituents is 1. The first-order valence-corrected chi connectivity index (χ1v) is 6.94. The highest BCUT2D eigenvalue weighted by molar-refractivity contribution is 5.39. The number of hydrogen-bond donors (Lipinski definition) is 2. The third kappa shape index (κ3) is 4.11. The van der Waals surface area contributed by atoms with Crippen LogP contribution in [0.5, 0.6) is 11.5 Å². The maximum absolute atomic E-state index is 9.89. The lowest BCUT2D eigenvalue weighted by Crippen LogP contribution is -2.36. The Labute approximate surface area is 115 Å². The van der Waals surface area contributed by atoms with Gasteiger partial charge in [-0.3, -0.25) is 0 Å². The Morgan fingerprint density at radius 2 is 2.32 bits per heavy atom. The quantitative estimate of drug-likeness (QED) is 0.851. The van der Waals surface area contributed by atoms with Crippen LogP contribution in [0, 0.1) is 5.92 Å². The molecule has 1 fully saturated rings. The van der Waals surface area contributed by atoms with Crippen LogP contribution >= 0.6 is 0 Å². The van der Waals surface area contributed by atoms with Gasteiger partial charge in [0.15, 0.2) is 0 Å². The average molecular weight is 264 g/mol. The molecule has 19 heavy (non-hydrogen) atoms. The van der Waals surface area contributed by atoms with Crippen LogP contribution in [-0.4, -0.2) is 43.8 Å². The molecule has 0 aromatic heterocycles. The number of rotatable bonds is 5. The molecule has 0 saturated carbocycles. The van der Waals surface area contributed by atoms with Crippen LogP contribution in [0.2, 0.25) is 0 Å². The van der Waals surface area contributed by atoms with Crippen LogP contribution in [0.25, 0.3) is 0 Å². The summed E-state index contributed by atoms with van der Waals surface area (Å²) in [6.07, 6.45) is 2.56. The van der Waals surface area contributed by atoms with Crippen LogP contribution in [0.4, 0.5) is 0 Å². The minimum Gasteiger partial charge on any atom is -0.508 e. The molecule has 1 aromatic rings. The smallest absolute Gasteiger partial charge is 0.120 e. The van der Waals surface area contributed by atoms with E-state index in [0.29, 0.717) is 11.7 Å². The molecule has 1 saturated heterocycles. The summed E-state index contributed by atoms with van der Waals surface area (Å²) in [6.45, 7) is 4.06. The molecule has 2 rings (SSSR count). The topological polar surface area (TPSA) is 44.7 Å². The van der Waals surface area contributed by atoms with Crippen molar-refractivity contribution in [2.45, 2.75) is 19.4 Å². The van der Waals surface area contributed by atoms with E-state index in [1.54, 1.807) is 19.2 Å². The summed E-state index contributed by atoms with van der Waals surface area (Å²) < 4.78 is 5.20. The molecule has 4 heteroatoms. The lowest BCUT2D eigenvalue weighted by atomic mass is 9.99. The van der Waals surface area contributed by atoms with E-state index in [-0.39, 0.29) is 0 Å². The van der Waals surface area contributed by atoms with Crippen molar-refractivity contribution in [2.24, 2.45) is 5.92 Å². The van der Waals surface area contributed by atoms with Crippen LogP contribution in [-0.2, 0) is 6.54 Å². The van der Waals surface area contributed by atoms with Crippen molar-refractivity contribution in [1.29, 1.82) is 0 Å². The van der Waals surface area contributed by atoms with Gasteiger partial charge in [-0.15, -0.1) is 0 Å². The summed E-state index contributed by atoms with van der Waals surface area (Å²) in [6, 6.07) is 5.39. The molecule has 0 bridgehead atoms. The van der Waals surface area contributed by atoms with Gasteiger partial charge in [-0.2, -0.15) is 0 Å². The predicted octanol–water partition coefficient (Wildman–Crippen LogP) is 1.83. The number of phenols is 1. The summed E-state index contributed by atoms with van der Waals surface area (Å²) in [5, 5.41) is 13.3. The maximum atomic E-state index is 9.89. The fraction of sp³-hybridized carbons (Fsp3) is 0.600. The number of methoxy groups -OCH3 is 1. The standard InChI is InChI=1S/C15H24N2O2/c1-17(10-12-4-3-7-16-9-12)11-13-8-14(19-2)5-6-15(13)18/h5-6,8,12,16,18H,3-4,7,9-11H2,1-2H3. The Bertz CT molecular complexity index is 403. The molecule has 1 aliphatic rings. The second-order valence-corrected chi connectivity index (χ2v) is 5.40. The number of ether oxygens (including phenoxy) is 1. The van der Waals surface area contributed by atoms with Gasteiger partial charge in [-0.25, -0.2) is 0 Å². The molecule has 1 heterocycles. The summed E-state index contributed by atoms with van der Waals surface area (Å²) in [7, 11) is 3.75. The molecule has 0 aliphatic carbocycles. The van der Waals surface area contributed by atoms with E-state index in [1.807, 2.05) is 6.07 Å². The number of nitrogens with zero attached hydrogens (tertiary/aromatic N) is 1. The predicted molar refractivity (Wildman–Crippen MR) is 76.6 cm³/mol. The minimum absolute atomic E-state index is 0.342. The Morgan fingerprint density at radius 1 is 1.47 bits per heavy atom. The first-order valence-electron chi connectivity index (χ1n) is 6.94. The number of nitrogens with one attached hydrogen (secondary N) is 1. The molecule has 1 aromatic carbocycles. The summed E-state index contributed by atoms with van der Waals surface area (Å²) >= 11 is 0. The Morgan fingerprint density at radius 3 is 3.00 bits per heavy atom. The number of hydrogen-bond acceptors (Lipinski definition) is 4. The van der Waals surface area contributed by atoms with E-state index in [0.717, 1.165) is 37.5 Å². The van der Waals surface area contributed by atoms with Gasteiger partial charge in [0.25, 0.3) is 0 Å². The molecule has 0 radical (unpaired) electrons. The maximum Gasteiger partial charge on any atom is 0.120 e. The number of benzene rings is 1. The van der Waals surface area contributed by atoms with Crippen molar-refractivity contribution >= 4 is 0 Å².